The second-order valence-electron chi connectivity index (χ2n) is 5.60. The van der Waals surface area contributed by atoms with Crippen LogP contribution in [0.5, 0.6) is 0 Å². The Balaban J connectivity index is 1.67. The normalized spacial score (nSPS) is 16.0. The summed E-state index contributed by atoms with van der Waals surface area (Å²) in [6.07, 6.45) is 2.01. The molecule has 24 heavy (non-hydrogen) atoms. The van der Waals surface area contributed by atoms with Crippen molar-refractivity contribution in [3.63, 3.8) is 0 Å². The van der Waals surface area contributed by atoms with Gasteiger partial charge in [-0.15, -0.1) is 11.3 Å². The molecule has 0 bridgehead atoms. The van der Waals surface area contributed by atoms with E-state index < -0.39 is 6.04 Å². The molecule has 0 radical (unpaired) electrons. The van der Waals surface area contributed by atoms with Crippen molar-refractivity contribution in [1.82, 2.24) is 9.88 Å². The van der Waals surface area contributed by atoms with Crippen molar-refractivity contribution < 1.29 is 14.0 Å². The summed E-state index contributed by atoms with van der Waals surface area (Å²) in [5.74, 6) is -0.702. The zero-order valence-corrected chi connectivity index (χ0v) is 13.3. The van der Waals surface area contributed by atoms with Crippen LogP contribution in [0.15, 0.2) is 54.0 Å². The Morgan fingerprint density at radius 1 is 1.21 bits per heavy atom. The number of hydrogen-bond acceptors (Lipinski definition) is 3. The second kappa shape index (κ2) is 5.72. The van der Waals surface area contributed by atoms with E-state index >= 15 is 0 Å². The lowest BCUT2D eigenvalue weighted by atomic mass is 10.0. The second-order valence-corrected chi connectivity index (χ2v) is 6.51. The van der Waals surface area contributed by atoms with Gasteiger partial charge in [-0.25, -0.2) is 4.39 Å². The van der Waals surface area contributed by atoms with Gasteiger partial charge in [0.2, 0.25) is 0 Å². The van der Waals surface area contributed by atoms with Crippen LogP contribution < -0.4 is 5.32 Å². The average molecular weight is 340 g/mol. The lowest BCUT2D eigenvalue weighted by molar-refractivity contribution is 0.0917. The first-order chi connectivity index (χ1) is 11.6. The van der Waals surface area contributed by atoms with E-state index in [0.29, 0.717) is 10.4 Å². The number of fused-ring (bicyclic) bond motifs is 3. The van der Waals surface area contributed by atoms with Crippen molar-refractivity contribution in [3.8, 4) is 5.69 Å². The first kappa shape index (κ1) is 14.8. The SMILES string of the molecule is O=C(CC1NC(=O)c2sccc2-n2cccc21)c1ccc(F)cc1. The Labute approximate surface area is 141 Å². The number of carbonyl (C=O) groups excluding carboxylic acids is 2. The Bertz CT molecular complexity index is 927. The summed E-state index contributed by atoms with van der Waals surface area (Å²) in [5, 5.41) is 4.80. The predicted octanol–water partition coefficient (Wildman–Crippen LogP) is 3.74. The van der Waals surface area contributed by atoms with Gasteiger partial charge in [-0.3, -0.25) is 9.59 Å². The highest BCUT2D eigenvalue weighted by Gasteiger charge is 2.28. The maximum Gasteiger partial charge on any atom is 0.264 e. The molecule has 4 rings (SSSR count). The molecule has 1 atom stereocenters. The van der Waals surface area contributed by atoms with E-state index in [1.807, 2.05) is 34.3 Å². The minimum absolute atomic E-state index is 0.121. The van der Waals surface area contributed by atoms with E-state index in [9.17, 15) is 14.0 Å². The molecule has 1 N–H and O–H groups in total. The molecule has 3 heterocycles. The van der Waals surface area contributed by atoms with Gasteiger partial charge in [0.05, 0.1) is 11.7 Å². The van der Waals surface area contributed by atoms with Gasteiger partial charge in [-0.05, 0) is 47.8 Å². The molecule has 1 aliphatic rings. The maximum atomic E-state index is 13.0. The molecule has 1 unspecified atom stereocenters. The molecule has 1 aliphatic heterocycles. The van der Waals surface area contributed by atoms with Gasteiger partial charge in [-0.1, -0.05) is 0 Å². The number of rotatable bonds is 3. The third-order valence-corrected chi connectivity index (χ3v) is 5.01. The third-order valence-electron chi connectivity index (χ3n) is 4.11. The highest BCUT2D eigenvalue weighted by Crippen LogP contribution is 2.31. The molecule has 3 aromatic rings. The van der Waals surface area contributed by atoms with Crippen LogP contribution in [0.3, 0.4) is 0 Å². The molecule has 0 saturated carbocycles. The van der Waals surface area contributed by atoms with Crippen LogP contribution in [0.25, 0.3) is 5.69 Å². The first-order valence-corrected chi connectivity index (χ1v) is 8.36. The van der Waals surface area contributed by atoms with Crippen molar-refractivity contribution in [3.05, 3.63) is 76.0 Å². The molecule has 120 valence electrons. The molecule has 0 spiro atoms. The lowest BCUT2D eigenvalue weighted by Gasteiger charge is -2.16. The number of Topliss-reactive ketones (excluding diaryl/α,β-unsaturated/α-hetero) is 1. The molecule has 0 fully saturated rings. The van der Waals surface area contributed by atoms with Crippen LogP contribution in [0.2, 0.25) is 0 Å². The van der Waals surface area contributed by atoms with Crippen LogP contribution in [0.1, 0.15) is 38.2 Å². The van der Waals surface area contributed by atoms with Crippen molar-refractivity contribution >= 4 is 23.0 Å². The fraction of sp³-hybridized carbons (Fsp3) is 0.111. The highest BCUT2D eigenvalue weighted by molar-refractivity contribution is 7.12. The number of carbonyl (C=O) groups is 2. The van der Waals surface area contributed by atoms with E-state index in [4.69, 9.17) is 0 Å². The van der Waals surface area contributed by atoms with Crippen molar-refractivity contribution in [1.29, 1.82) is 0 Å². The van der Waals surface area contributed by atoms with Gasteiger partial charge in [0, 0.05) is 23.9 Å². The Morgan fingerprint density at radius 2 is 2.00 bits per heavy atom. The zero-order valence-electron chi connectivity index (χ0n) is 12.5. The molecule has 4 nitrogen and oxygen atoms in total. The molecule has 2 aromatic heterocycles. The number of benzene rings is 1. The molecule has 6 heteroatoms. The Hall–Kier alpha value is -2.73. The number of ketones is 1. The Morgan fingerprint density at radius 3 is 2.79 bits per heavy atom. The van der Waals surface area contributed by atoms with Gasteiger partial charge in [0.25, 0.3) is 5.91 Å². The number of nitrogens with zero attached hydrogens (tertiary/aromatic N) is 1. The third kappa shape index (κ3) is 2.45. The molecule has 0 aliphatic carbocycles. The van der Waals surface area contributed by atoms with Crippen molar-refractivity contribution in [2.75, 3.05) is 0 Å². The van der Waals surface area contributed by atoms with Crippen LogP contribution in [-0.4, -0.2) is 16.3 Å². The number of halogens is 1. The minimum atomic E-state index is -0.426. The monoisotopic (exact) mass is 340 g/mol. The lowest BCUT2D eigenvalue weighted by Crippen LogP contribution is -2.28. The number of thiophene rings is 1. The Kier molecular flexibility index (Phi) is 3.54. The largest absolute Gasteiger partial charge is 0.342 e. The summed E-state index contributed by atoms with van der Waals surface area (Å²) in [7, 11) is 0. The number of nitrogens with one attached hydrogen (secondary N) is 1. The molecule has 1 aromatic carbocycles. The average Bonchev–Trinajstić information content (AvgIpc) is 3.21. The molecule has 1 amide bonds. The van der Waals surface area contributed by atoms with Gasteiger partial charge in [-0.2, -0.15) is 0 Å². The molecular formula is C18H13FN2O2S. The smallest absolute Gasteiger partial charge is 0.264 e. The summed E-state index contributed by atoms with van der Waals surface area (Å²) in [4.78, 5) is 25.6. The zero-order chi connectivity index (χ0) is 16.7. The summed E-state index contributed by atoms with van der Waals surface area (Å²) in [6.45, 7) is 0. The van der Waals surface area contributed by atoms with Crippen molar-refractivity contribution in [2.45, 2.75) is 12.5 Å². The highest BCUT2D eigenvalue weighted by atomic mass is 32.1. The maximum absolute atomic E-state index is 13.0. The number of hydrogen-bond donors (Lipinski definition) is 1. The quantitative estimate of drug-likeness (QED) is 0.739. The number of aromatic nitrogens is 1. The minimum Gasteiger partial charge on any atom is -0.342 e. The predicted molar refractivity (Wildman–Crippen MR) is 89.2 cm³/mol. The van der Waals surface area contributed by atoms with E-state index in [1.54, 1.807) is 0 Å². The van der Waals surface area contributed by atoms with Crippen LogP contribution in [0.4, 0.5) is 4.39 Å². The first-order valence-electron chi connectivity index (χ1n) is 7.48. The van der Waals surface area contributed by atoms with Gasteiger partial charge >= 0.3 is 0 Å². The summed E-state index contributed by atoms with van der Waals surface area (Å²) in [5.41, 5.74) is 2.12. The molecule has 0 saturated heterocycles. The van der Waals surface area contributed by atoms with Crippen LogP contribution in [0, 0.1) is 5.82 Å². The fourth-order valence-electron chi connectivity index (χ4n) is 2.95. The van der Waals surface area contributed by atoms with Crippen LogP contribution >= 0.6 is 11.3 Å². The van der Waals surface area contributed by atoms with E-state index in [0.717, 1.165) is 11.4 Å². The van der Waals surface area contributed by atoms with Crippen LogP contribution in [-0.2, 0) is 0 Å². The van der Waals surface area contributed by atoms with E-state index in [-0.39, 0.29) is 23.9 Å². The topological polar surface area (TPSA) is 51.1 Å². The summed E-state index contributed by atoms with van der Waals surface area (Å²) in [6, 6.07) is 10.7. The standard InChI is InChI=1S/C18H13FN2O2S/c19-12-5-3-11(4-6-12)16(22)10-13-14-2-1-8-21(14)15-7-9-24-17(15)18(23)20-13/h1-9,13H,10H2,(H,20,23). The summed E-state index contributed by atoms with van der Waals surface area (Å²) < 4.78 is 15.0. The van der Waals surface area contributed by atoms with Gasteiger partial charge in [0.15, 0.2) is 5.78 Å². The van der Waals surface area contributed by atoms with Gasteiger partial charge < -0.3 is 9.88 Å². The van der Waals surface area contributed by atoms with E-state index in [1.165, 1.54) is 35.6 Å². The fourth-order valence-corrected chi connectivity index (χ4v) is 3.74. The summed E-state index contributed by atoms with van der Waals surface area (Å²) >= 11 is 1.37. The number of amides is 1. The van der Waals surface area contributed by atoms with Crippen molar-refractivity contribution in [2.24, 2.45) is 0 Å². The van der Waals surface area contributed by atoms with Gasteiger partial charge in [0.1, 0.15) is 10.7 Å². The molecular weight excluding hydrogens is 327 g/mol. The van der Waals surface area contributed by atoms with E-state index in [2.05, 4.69) is 5.32 Å².